The summed E-state index contributed by atoms with van der Waals surface area (Å²) in [5, 5.41) is 9.88. The zero-order valence-electron chi connectivity index (χ0n) is 9.12. The maximum atomic E-state index is 11.4. The summed E-state index contributed by atoms with van der Waals surface area (Å²) < 4.78 is 4.62. The van der Waals surface area contributed by atoms with Crippen LogP contribution in [0.5, 0.6) is 5.75 Å². The number of hydrogen-bond donors (Lipinski definition) is 1. The number of phenols is 1. The summed E-state index contributed by atoms with van der Waals surface area (Å²) in [5.74, 6) is 0.910. The first-order valence-corrected chi connectivity index (χ1v) is 6.23. The van der Waals surface area contributed by atoms with Gasteiger partial charge >= 0.3 is 5.97 Å². The van der Waals surface area contributed by atoms with E-state index in [0.29, 0.717) is 22.8 Å². The number of alkyl halides is 1. The highest BCUT2D eigenvalue weighted by Gasteiger charge is 2.14. The van der Waals surface area contributed by atoms with Gasteiger partial charge in [-0.3, -0.25) is 0 Å². The van der Waals surface area contributed by atoms with Gasteiger partial charge in [0.15, 0.2) is 0 Å². The Hall–Kier alpha value is -0.870. The maximum Gasteiger partial charge on any atom is 0.338 e. The van der Waals surface area contributed by atoms with E-state index in [-0.39, 0.29) is 5.75 Å². The number of ether oxygens (including phenoxy) is 1. The summed E-state index contributed by atoms with van der Waals surface area (Å²) in [5.41, 5.74) is 0.918. The zero-order valence-corrected chi connectivity index (χ0v) is 10.7. The van der Waals surface area contributed by atoms with E-state index < -0.39 is 5.97 Å². The van der Waals surface area contributed by atoms with E-state index in [9.17, 15) is 9.90 Å². The van der Waals surface area contributed by atoms with Crippen molar-refractivity contribution in [2.45, 2.75) is 11.8 Å². The normalized spacial score (nSPS) is 10.2. The highest BCUT2D eigenvalue weighted by molar-refractivity contribution is 7.99. The molecule has 0 saturated heterocycles. The van der Waals surface area contributed by atoms with Crippen LogP contribution in [0.25, 0.3) is 0 Å². The van der Waals surface area contributed by atoms with Crippen molar-refractivity contribution in [1.29, 1.82) is 0 Å². The molecule has 0 saturated carbocycles. The van der Waals surface area contributed by atoms with Gasteiger partial charge in [-0.25, -0.2) is 4.79 Å². The van der Waals surface area contributed by atoms with Crippen molar-refractivity contribution < 1.29 is 14.6 Å². The van der Waals surface area contributed by atoms with Crippen molar-refractivity contribution in [2.75, 3.05) is 18.7 Å². The molecule has 0 aromatic heterocycles. The van der Waals surface area contributed by atoms with Crippen molar-refractivity contribution in [1.82, 2.24) is 0 Å². The predicted octanol–water partition coefficient (Wildman–Crippen LogP) is 2.82. The molecule has 0 unspecified atom stereocenters. The maximum absolute atomic E-state index is 11.4. The molecular formula is C11H13ClO3S. The molecule has 16 heavy (non-hydrogen) atoms. The molecule has 0 bridgehead atoms. The van der Waals surface area contributed by atoms with Crippen LogP contribution in [0.4, 0.5) is 0 Å². The number of carbonyl (C=O) groups excluding carboxylic acids is 1. The predicted molar refractivity (Wildman–Crippen MR) is 65.6 cm³/mol. The van der Waals surface area contributed by atoms with Crippen LogP contribution >= 0.6 is 23.4 Å². The smallest absolute Gasteiger partial charge is 0.338 e. The van der Waals surface area contributed by atoms with Crippen LogP contribution in [-0.2, 0) is 4.74 Å². The first kappa shape index (κ1) is 13.2. The second-order valence-corrected chi connectivity index (χ2v) is 4.63. The van der Waals surface area contributed by atoms with E-state index in [1.807, 2.05) is 0 Å². The Morgan fingerprint density at radius 3 is 2.81 bits per heavy atom. The molecule has 5 heteroatoms. The van der Waals surface area contributed by atoms with Gasteiger partial charge in [0.2, 0.25) is 0 Å². The number of carbonyl (C=O) groups is 1. The first-order valence-electron chi connectivity index (χ1n) is 4.71. The molecule has 0 spiro atoms. The van der Waals surface area contributed by atoms with Crippen LogP contribution in [0.2, 0.25) is 0 Å². The summed E-state index contributed by atoms with van der Waals surface area (Å²) in [6, 6.07) is 3.35. The van der Waals surface area contributed by atoms with Crippen molar-refractivity contribution in [3.05, 3.63) is 23.3 Å². The van der Waals surface area contributed by atoms with Crippen LogP contribution in [0.15, 0.2) is 17.0 Å². The van der Waals surface area contributed by atoms with Gasteiger partial charge in [0.05, 0.1) is 12.7 Å². The highest BCUT2D eigenvalue weighted by atomic mass is 35.5. The first-order chi connectivity index (χ1) is 7.61. The minimum atomic E-state index is -0.443. The van der Waals surface area contributed by atoms with Gasteiger partial charge in [-0.1, -0.05) is 0 Å². The average molecular weight is 261 g/mol. The van der Waals surface area contributed by atoms with E-state index in [1.165, 1.54) is 18.9 Å². The number of rotatable bonds is 4. The van der Waals surface area contributed by atoms with Gasteiger partial charge in [-0.2, -0.15) is 0 Å². The summed E-state index contributed by atoms with van der Waals surface area (Å²) in [6.45, 7) is 1.69. The second-order valence-electron chi connectivity index (χ2n) is 3.11. The van der Waals surface area contributed by atoms with Crippen molar-refractivity contribution >= 4 is 29.3 Å². The standard InChI is InChI=1S/C11H13ClO3S/c1-7-8(11(14)15-2)3-4-9(10(7)13)16-6-5-12/h3-4,13H,5-6H2,1-2H3. The van der Waals surface area contributed by atoms with Crippen LogP contribution in [0.3, 0.4) is 0 Å². The largest absolute Gasteiger partial charge is 0.506 e. The number of hydrogen-bond acceptors (Lipinski definition) is 4. The van der Waals surface area contributed by atoms with E-state index >= 15 is 0 Å². The van der Waals surface area contributed by atoms with Gasteiger partial charge in [-0.15, -0.1) is 23.4 Å². The minimum Gasteiger partial charge on any atom is -0.506 e. The summed E-state index contributed by atoms with van der Waals surface area (Å²) in [6.07, 6.45) is 0. The number of aromatic hydroxyl groups is 1. The Morgan fingerprint density at radius 2 is 2.25 bits per heavy atom. The third-order valence-electron chi connectivity index (χ3n) is 2.13. The summed E-state index contributed by atoms with van der Waals surface area (Å²) in [4.78, 5) is 12.1. The zero-order chi connectivity index (χ0) is 12.1. The molecule has 0 aliphatic carbocycles. The average Bonchev–Trinajstić information content (AvgIpc) is 2.30. The van der Waals surface area contributed by atoms with Crippen molar-refractivity contribution in [3.63, 3.8) is 0 Å². The Morgan fingerprint density at radius 1 is 1.56 bits per heavy atom. The number of thioether (sulfide) groups is 1. The number of benzene rings is 1. The number of phenolic OH excluding ortho intramolecular Hbond substituents is 1. The quantitative estimate of drug-likeness (QED) is 0.514. The third-order valence-corrected chi connectivity index (χ3v) is 3.60. The van der Waals surface area contributed by atoms with Gasteiger partial charge in [0.1, 0.15) is 5.75 Å². The lowest BCUT2D eigenvalue weighted by Crippen LogP contribution is -2.04. The van der Waals surface area contributed by atoms with E-state index in [0.717, 1.165) is 4.90 Å². The van der Waals surface area contributed by atoms with E-state index in [1.54, 1.807) is 19.1 Å². The Kier molecular flexibility index (Phi) is 4.96. The summed E-state index contributed by atoms with van der Waals surface area (Å²) >= 11 is 7.03. The molecule has 1 aromatic rings. The molecule has 0 aliphatic rings. The molecule has 0 atom stereocenters. The van der Waals surface area contributed by atoms with Crippen LogP contribution < -0.4 is 0 Å². The topological polar surface area (TPSA) is 46.5 Å². The van der Waals surface area contributed by atoms with Crippen molar-refractivity contribution in [3.8, 4) is 5.75 Å². The molecule has 1 rings (SSSR count). The molecule has 0 radical (unpaired) electrons. The Bertz CT molecular complexity index is 393. The third kappa shape index (κ3) is 2.83. The molecule has 1 N–H and O–H groups in total. The highest BCUT2D eigenvalue weighted by Crippen LogP contribution is 2.33. The minimum absolute atomic E-state index is 0.123. The number of esters is 1. The SMILES string of the molecule is COC(=O)c1ccc(SCCCl)c(O)c1C. The Balaban J connectivity index is 3.03. The lowest BCUT2D eigenvalue weighted by atomic mass is 10.1. The second kappa shape index (κ2) is 6.01. The van der Waals surface area contributed by atoms with Crippen molar-refractivity contribution in [2.24, 2.45) is 0 Å². The lowest BCUT2D eigenvalue weighted by molar-refractivity contribution is 0.0599. The van der Waals surface area contributed by atoms with Gasteiger partial charge < -0.3 is 9.84 Å². The molecule has 0 heterocycles. The molecule has 3 nitrogen and oxygen atoms in total. The lowest BCUT2D eigenvalue weighted by Gasteiger charge is -2.09. The molecule has 88 valence electrons. The van der Waals surface area contributed by atoms with Gasteiger partial charge in [-0.05, 0) is 19.1 Å². The van der Waals surface area contributed by atoms with E-state index in [2.05, 4.69) is 4.74 Å². The molecule has 0 aliphatic heterocycles. The fraction of sp³-hybridized carbons (Fsp3) is 0.364. The Labute approximate surface area is 104 Å². The van der Waals surface area contributed by atoms with Gasteiger partial charge in [0, 0.05) is 22.1 Å². The van der Waals surface area contributed by atoms with Crippen LogP contribution in [0.1, 0.15) is 15.9 Å². The molecular weight excluding hydrogens is 248 g/mol. The van der Waals surface area contributed by atoms with Crippen LogP contribution in [0, 0.1) is 6.92 Å². The molecule has 0 amide bonds. The van der Waals surface area contributed by atoms with E-state index in [4.69, 9.17) is 11.6 Å². The fourth-order valence-corrected chi connectivity index (χ4v) is 2.25. The monoisotopic (exact) mass is 260 g/mol. The summed E-state index contributed by atoms with van der Waals surface area (Å²) in [7, 11) is 1.31. The van der Waals surface area contributed by atoms with Crippen LogP contribution in [-0.4, -0.2) is 29.8 Å². The van der Waals surface area contributed by atoms with Gasteiger partial charge in [0.25, 0.3) is 0 Å². The fourth-order valence-electron chi connectivity index (χ4n) is 1.27. The number of methoxy groups -OCH3 is 1. The number of halogens is 1. The molecule has 0 fully saturated rings. The molecule has 1 aromatic carbocycles.